The highest BCUT2D eigenvalue weighted by molar-refractivity contribution is 5.97. The summed E-state index contributed by atoms with van der Waals surface area (Å²) < 4.78 is 0. The highest BCUT2D eigenvalue weighted by Gasteiger charge is 2.15. The van der Waals surface area contributed by atoms with Gasteiger partial charge in [0.05, 0.1) is 0 Å². The molecule has 3 heteroatoms. The van der Waals surface area contributed by atoms with Gasteiger partial charge in [-0.15, -0.1) is 0 Å². The molecule has 0 aliphatic carbocycles. The topological polar surface area (TPSA) is 52.9 Å². The molecular formula is C19H17N2O. The van der Waals surface area contributed by atoms with E-state index in [2.05, 4.69) is 5.32 Å². The van der Waals surface area contributed by atoms with Gasteiger partial charge in [-0.1, -0.05) is 60.7 Å². The maximum absolute atomic E-state index is 12.2. The van der Waals surface area contributed by atoms with E-state index in [1.165, 1.54) is 0 Å². The van der Waals surface area contributed by atoms with E-state index >= 15 is 0 Å². The van der Waals surface area contributed by atoms with Gasteiger partial charge in [-0.3, -0.25) is 4.79 Å². The largest absolute Gasteiger partial charge is 0.325 e. The highest BCUT2D eigenvalue weighted by atomic mass is 16.2. The zero-order valence-corrected chi connectivity index (χ0v) is 12.1. The van der Waals surface area contributed by atoms with Crippen LogP contribution in [-0.4, -0.2) is 11.9 Å². The maximum atomic E-state index is 12.2. The summed E-state index contributed by atoms with van der Waals surface area (Å²) in [5, 5.41) is 5.03. The van der Waals surface area contributed by atoms with Crippen molar-refractivity contribution in [2.75, 3.05) is 5.32 Å². The van der Waals surface area contributed by atoms with Crippen molar-refractivity contribution < 1.29 is 4.79 Å². The van der Waals surface area contributed by atoms with Gasteiger partial charge in [0.15, 0.2) is 0 Å². The van der Waals surface area contributed by atoms with Gasteiger partial charge in [0.1, 0.15) is 6.04 Å². The summed E-state index contributed by atoms with van der Waals surface area (Å²) in [4.78, 5) is 12.2. The van der Waals surface area contributed by atoms with Crippen LogP contribution in [0.15, 0.2) is 72.8 Å². The smallest absolute Gasteiger partial charge is 0.243 e. The average Bonchev–Trinajstić information content (AvgIpc) is 2.55. The molecule has 0 aromatic heterocycles. The van der Waals surface area contributed by atoms with Crippen molar-refractivity contribution in [1.82, 2.24) is 5.73 Å². The van der Waals surface area contributed by atoms with E-state index in [4.69, 9.17) is 5.73 Å². The van der Waals surface area contributed by atoms with Crippen LogP contribution >= 0.6 is 0 Å². The molecule has 3 aromatic carbocycles. The number of carbonyl (C=O) groups is 1. The van der Waals surface area contributed by atoms with Crippen LogP contribution in [0.5, 0.6) is 0 Å². The van der Waals surface area contributed by atoms with Crippen LogP contribution in [-0.2, 0) is 11.2 Å². The second-order valence-corrected chi connectivity index (χ2v) is 5.29. The monoisotopic (exact) mass is 289 g/mol. The molecule has 1 amide bonds. The maximum Gasteiger partial charge on any atom is 0.243 e. The first kappa shape index (κ1) is 14.3. The second kappa shape index (κ2) is 6.41. The van der Waals surface area contributed by atoms with Crippen molar-refractivity contribution in [3.63, 3.8) is 0 Å². The summed E-state index contributed by atoms with van der Waals surface area (Å²) in [5.74, 6) is -0.279. The summed E-state index contributed by atoms with van der Waals surface area (Å²) in [6.07, 6.45) is 0.417. The Labute approximate surface area is 129 Å². The van der Waals surface area contributed by atoms with Crippen molar-refractivity contribution in [2.45, 2.75) is 12.5 Å². The Hall–Kier alpha value is -2.65. The third-order valence-electron chi connectivity index (χ3n) is 3.62. The minimum Gasteiger partial charge on any atom is -0.325 e. The molecule has 3 nitrogen and oxygen atoms in total. The van der Waals surface area contributed by atoms with Gasteiger partial charge < -0.3 is 5.32 Å². The summed E-state index contributed by atoms with van der Waals surface area (Å²) in [5.41, 5.74) is 9.74. The average molecular weight is 289 g/mol. The van der Waals surface area contributed by atoms with E-state index in [1.807, 2.05) is 72.8 Å². The molecular weight excluding hydrogens is 272 g/mol. The van der Waals surface area contributed by atoms with Gasteiger partial charge in [-0.2, -0.15) is 0 Å². The number of fused-ring (bicyclic) bond motifs is 1. The number of hydrogen-bond acceptors (Lipinski definition) is 1. The first-order valence-corrected chi connectivity index (χ1v) is 7.27. The Morgan fingerprint density at radius 1 is 0.909 bits per heavy atom. The van der Waals surface area contributed by atoms with E-state index in [0.717, 1.165) is 22.0 Å². The van der Waals surface area contributed by atoms with E-state index in [9.17, 15) is 4.79 Å². The minimum atomic E-state index is -0.811. The number of amides is 1. The van der Waals surface area contributed by atoms with Crippen molar-refractivity contribution in [1.29, 1.82) is 0 Å². The lowest BCUT2D eigenvalue weighted by Crippen LogP contribution is -2.30. The van der Waals surface area contributed by atoms with Crippen LogP contribution in [0.2, 0.25) is 0 Å². The first-order chi connectivity index (χ1) is 10.7. The zero-order chi connectivity index (χ0) is 15.4. The fourth-order valence-corrected chi connectivity index (χ4v) is 2.44. The number of rotatable bonds is 4. The Kier molecular flexibility index (Phi) is 4.17. The molecule has 0 fully saturated rings. The lowest BCUT2D eigenvalue weighted by Gasteiger charge is -2.12. The Balaban J connectivity index is 1.69. The molecule has 0 aliphatic heterocycles. The predicted molar refractivity (Wildman–Crippen MR) is 89.6 cm³/mol. The van der Waals surface area contributed by atoms with Crippen molar-refractivity contribution in [3.8, 4) is 0 Å². The first-order valence-electron chi connectivity index (χ1n) is 7.27. The summed E-state index contributed by atoms with van der Waals surface area (Å²) in [6, 6.07) is 22.6. The molecule has 1 atom stereocenters. The summed E-state index contributed by atoms with van der Waals surface area (Å²) >= 11 is 0. The standard InChI is InChI=1S/C19H17N2O/c20-18(12-14-6-2-1-3-7-14)19(22)21-17-11-10-15-8-4-5-9-16(15)13-17/h1-11,13,18,20H,12H2,(H,21,22). The van der Waals surface area contributed by atoms with Crippen LogP contribution < -0.4 is 11.1 Å². The van der Waals surface area contributed by atoms with Crippen molar-refractivity contribution in [3.05, 3.63) is 78.4 Å². The molecule has 0 spiro atoms. The molecule has 1 radical (unpaired) electrons. The fraction of sp³-hybridized carbons (Fsp3) is 0.105. The molecule has 0 heterocycles. The number of carbonyl (C=O) groups excluding carboxylic acids is 1. The van der Waals surface area contributed by atoms with Crippen molar-refractivity contribution in [2.24, 2.45) is 0 Å². The van der Waals surface area contributed by atoms with Crippen LogP contribution in [0, 0.1) is 0 Å². The van der Waals surface area contributed by atoms with Crippen LogP contribution in [0.25, 0.3) is 10.8 Å². The molecule has 0 saturated heterocycles. The SMILES string of the molecule is [NH]C(Cc1ccccc1)C(=O)Nc1ccc2ccccc2c1. The van der Waals surface area contributed by atoms with Gasteiger partial charge >= 0.3 is 0 Å². The normalized spacial score (nSPS) is 12.0. The Morgan fingerprint density at radius 3 is 2.36 bits per heavy atom. The molecule has 2 N–H and O–H groups in total. The van der Waals surface area contributed by atoms with Gasteiger partial charge in [-0.05, 0) is 34.9 Å². The predicted octanol–water partition coefficient (Wildman–Crippen LogP) is 3.67. The van der Waals surface area contributed by atoms with Gasteiger partial charge in [0.2, 0.25) is 5.91 Å². The molecule has 109 valence electrons. The van der Waals surface area contributed by atoms with Crippen LogP contribution in [0.4, 0.5) is 5.69 Å². The Morgan fingerprint density at radius 2 is 1.59 bits per heavy atom. The lowest BCUT2D eigenvalue weighted by molar-refractivity contribution is -0.117. The molecule has 3 rings (SSSR count). The lowest BCUT2D eigenvalue weighted by atomic mass is 10.1. The molecule has 1 unspecified atom stereocenters. The quantitative estimate of drug-likeness (QED) is 0.782. The fourth-order valence-electron chi connectivity index (χ4n) is 2.44. The highest BCUT2D eigenvalue weighted by Crippen LogP contribution is 2.19. The minimum absolute atomic E-state index is 0.279. The van der Waals surface area contributed by atoms with Gasteiger partial charge in [0, 0.05) is 5.69 Å². The number of anilines is 1. The molecule has 22 heavy (non-hydrogen) atoms. The third-order valence-corrected chi connectivity index (χ3v) is 3.62. The van der Waals surface area contributed by atoms with Crippen LogP contribution in [0.1, 0.15) is 5.56 Å². The van der Waals surface area contributed by atoms with E-state index in [1.54, 1.807) is 0 Å². The third kappa shape index (κ3) is 3.32. The molecule has 0 saturated carbocycles. The summed E-state index contributed by atoms with van der Waals surface area (Å²) in [6.45, 7) is 0. The molecule has 0 aliphatic rings. The number of benzene rings is 3. The number of hydrogen-bond donors (Lipinski definition) is 1. The van der Waals surface area contributed by atoms with E-state index < -0.39 is 6.04 Å². The van der Waals surface area contributed by atoms with E-state index in [0.29, 0.717) is 6.42 Å². The van der Waals surface area contributed by atoms with Crippen molar-refractivity contribution >= 4 is 22.4 Å². The van der Waals surface area contributed by atoms with Gasteiger partial charge in [0.25, 0.3) is 0 Å². The summed E-state index contributed by atoms with van der Waals surface area (Å²) in [7, 11) is 0. The van der Waals surface area contributed by atoms with Gasteiger partial charge in [-0.25, -0.2) is 5.73 Å². The molecule has 0 bridgehead atoms. The zero-order valence-electron chi connectivity index (χ0n) is 12.1. The van der Waals surface area contributed by atoms with Crippen LogP contribution in [0.3, 0.4) is 0 Å². The Bertz CT molecular complexity index is 784. The molecule has 3 aromatic rings. The second-order valence-electron chi connectivity index (χ2n) is 5.29. The van der Waals surface area contributed by atoms with E-state index in [-0.39, 0.29) is 5.91 Å². The number of nitrogens with one attached hydrogen (secondary N) is 2.